The first-order chi connectivity index (χ1) is 21.4. The fourth-order valence-corrected chi connectivity index (χ4v) is 5.94. The number of carbonyl (C=O) groups is 1. The Hall–Kier alpha value is -3.83. The zero-order valence-electron chi connectivity index (χ0n) is 25.2. The van der Waals surface area contributed by atoms with Crippen molar-refractivity contribution in [1.29, 1.82) is 0 Å². The molecule has 12 heteroatoms. The minimum absolute atomic E-state index is 0.0680. The summed E-state index contributed by atoms with van der Waals surface area (Å²) in [5, 5.41) is 7.11. The average Bonchev–Trinajstić information content (AvgIpc) is 3.48. The first-order valence-corrected chi connectivity index (χ1v) is 15.2. The van der Waals surface area contributed by atoms with Crippen LogP contribution in [0.2, 0.25) is 10.0 Å². The van der Waals surface area contributed by atoms with E-state index in [4.69, 9.17) is 42.6 Å². The zero-order valence-corrected chi connectivity index (χ0v) is 26.7. The number of nitrogens with one attached hydrogen (secondary N) is 2. The Labute approximate surface area is 267 Å². The Morgan fingerprint density at radius 2 is 1.45 bits per heavy atom. The maximum Gasteiger partial charge on any atom is 0.237 e. The van der Waals surface area contributed by atoms with Gasteiger partial charge in [-0.25, -0.2) is 9.97 Å². The third-order valence-electron chi connectivity index (χ3n) is 7.53. The Morgan fingerprint density at radius 3 is 2.00 bits per heavy atom. The number of benzene rings is 2. The molecule has 1 saturated heterocycles. The van der Waals surface area contributed by atoms with Crippen LogP contribution in [0.1, 0.15) is 31.2 Å². The molecule has 1 amide bonds. The van der Waals surface area contributed by atoms with Gasteiger partial charge in [0.2, 0.25) is 17.7 Å². The van der Waals surface area contributed by atoms with Gasteiger partial charge in [-0.1, -0.05) is 66.5 Å². The smallest absolute Gasteiger partial charge is 0.237 e. The van der Waals surface area contributed by atoms with Gasteiger partial charge in [-0.2, -0.15) is 0 Å². The third kappa shape index (κ3) is 6.78. The molecule has 10 nitrogen and oxygen atoms in total. The van der Waals surface area contributed by atoms with Crippen LogP contribution in [0.25, 0.3) is 33.6 Å². The summed E-state index contributed by atoms with van der Waals surface area (Å²) in [4.78, 5) is 32.7. The number of aromatic nitrogens is 4. The highest BCUT2D eigenvalue weighted by atomic mass is 35.5. The maximum atomic E-state index is 11.8. The molecule has 5 rings (SSSR count). The molecule has 0 saturated carbocycles. The van der Waals surface area contributed by atoms with Crippen molar-refractivity contribution in [1.82, 2.24) is 35.5 Å². The number of amides is 1. The van der Waals surface area contributed by atoms with Gasteiger partial charge in [-0.3, -0.25) is 19.7 Å². The number of carbonyl (C=O) groups excluding carboxylic acids is 1. The second-order valence-corrected chi connectivity index (χ2v) is 11.2. The summed E-state index contributed by atoms with van der Waals surface area (Å²) in [5.41, 5.74) is 5.48. The van der Waals surface area contributed by atoms with Gasteiger partial charge in [0.1, 0.15) is 11.4 Å². The van der Waals surface area contributed by atoms with Gasteiger partial charge >= 0.3 is 0 Å². The second kappa shape index (κ2) is 14.3. The molecule has 1 aliphatic heterocycles. The van der Waals surface area contributed by atoms with Crippen molar-refractivity contribution in [2.45, 2.75) is 38.9 Å². The molecule has 0 radical (unpaired) electrons. The van der Waals surface area contributed by atoms with E-state index in [0.29, 0.717) is 69.5 Å². The number of likely N-dealkylation sites (tertiary alicyclic amines) is 1. The number of hydrogen-bond donors (Lipinski definition) is 2. The number of hydrogen-bond acceptors (Lipinski definition) is 9. The number of halogens is 2. The van der Waals surface area contributed by atoms with E-state index in [9.17, 15) is 4.79 Å². The summed E-state index contributed by atoms with van der Waals surface area (Å²) in [6, 6.07) is 11.6. The van der Waals surface area contributed by atoms with E-state index in [1.165, 1.54) is 0 Å². The normalized spacial score (nSPS) is 14.9. The van der Waals surface area contributed by atoms with Crippen LogP contribution in [-0.2, 0) is 17.9 Å². The minimum atomic E-state index is 0.0680. The van der Waals surface area contributed by atoms with Crippen molar-refractivity contribution in [2.75, 3.05) is 34.4 Å². The van der Waals surface area contributed by atoms with E-state index in [-0.39, 0.29) is 11.9 Å². The summed E-state index contributed by atoms with van der Waals surface area (Å²) in [6.45, 7) is 4.56. The van der Waals surface area contributed by atoms with Crippen LogP contribution in [0.4, 0.5) is 0 Å². The summed E-state index contributed by atoms with van der Waals surface area (Å²) in [5.74, 6) is 0.930. The van der Waals surface area contributed by atoms with E-state index in [1.54, 1.807) is 26.6 Å². The molecular weight excluding hydrogens is 601 g/mol. The minimum Gasteiger partial charge on any atom is -0.480 e. The fraction of sp³-hybridized carbons (Fsp3) is 0.344. The first kappa shape index (κ1) is 31.6. The van der Waals surface area contributed by atoms with Gasteiger partial charge in [-0.05, 0) is 13.5 Å². The van der Waals surface area contributed by atoms with Crippen molar-refractivity contribution >= 4 is 29.1 Å². The highest BCUT2D eigenvalue weighted by molar-refractivity contribution is 6.39. The Bertz CT molecular complexity index is 1650. The molecule has 1 aliphatic rings. The molecule has 4 aromatic rings. The van der Waals surface area contributed by atoms with Gasteiger partial charge < -0.3 is 20.1 Å². The molecule has 0 bridgehead atoms. The molecule has 1 fully saturated rings. The van der Waals surface area contributed by atoms with Crippen molar-refractivity contribution in [3.63, 3.8) is 0 Å². The molecule has 1 atom stereocenters. The quantitative estimate of drug-likeness (QED) is 0.223. The van der Waals surface area contributed by atoms with Crippen LogP contribution in [0.15, 0.2) is 48.8 Å². The monoisotopic (exact) mass is 635 g/mol. The highest BCUT2D eigenvalue weighted by Gasteiger charge is 2.25. The van der Waals surface area contributed by atoms with Crippen LogP contribution in [0, 0.1) is 0 Å². The van der Waals surface area contributed by atoms with Crippen LogP contribution < -0.4 is 20.1 Å². The molecular formula is C32H35Cl2N7O3. The van der Waals surface area contributed by atoms with E-state index in [2.05, 4.69) is 25.5 Å². The lowest BCUT2D eigenvalue weighted by Gasteiger charge is -2.18. The third-order valence-corrected chi connectivity index (χ3v) is 8.34. The van der Waals surface area contributed by atoms with Gasteiger partial charge in [-0.15, -0.1) is 0 Å². The molecule has 2 N–H and O–H groups in total. The van der Waals surface area contributed by atoms with Gasteiger partial charge in [0.25, 0.3) is 0 Å². The summed E-state index contributed by atoms with van der Waals surface area (Å²) < 4.78 is 11.1. The largest absolute Gasteiger partial charge is 0.480 e. The molecule has 2 aromatic carbocycles. The topological polar surface area (TPSA) is 114 Å². The second-order valence-electron chi connectivity index (χ2n) is 10.4. The molecule has 0 aliphatic carbocycles. The molecule has 1 unspecified atom stereocenters. The lowest BCUT2D eigenvalue weighted by atomic mass is 9.98. The van der Waals surface area contributed by atoms with E-state index < -0.39 is 0 Å². The van der Waals surface area contributed by atoms with Crippen molar-refractivity contribution in [3.8, 4) is 45.4 Å². The SMILES string of the molecule is CCC(=O)NC1CCN(Cc2ncc(-c3cccc(-c4cccc(-c5cnc(CNC)c(OC)n5)c4Cl)c3Cl)nc2OC)C1. The zero-order chi connectivity index (χ0) is 31.2. The summed E-state index contributed by atoms with van der Waals surface area (Å²) >= 11 is 14.0. The van der Waals surface area contributed by atoms with Crippen molar-refractivity contribution in [3.05, 3.63) is 70.2 Å². The first-order valence-electron chi connectivity index (χ1n) is 14.4. The predicted octanol–water partition coefficient (Wildman–Crippen LogP) is 5.41. The molecule has 44 heavy (non-hydrogen) atoms. The molecule has 3 heterocycles. The van der Waals surface area contributed by atoms with Crippen LogP contribution in [0.3, 0.4) is 0 Å². The van der Waals surface area contributed by atoms with E-state index in [1.807, 2.05) is 50.4 Å². The fourth-order valence-electron chi connectivity index (χ4n) is 5.29. The van der Waals surface area contributed by atoms with Crippen molar-refractivity contribution < 1.29 is 14.3 Å². The average molecular weight is 637 g/mol. The number of rotatable bonds is 11. The number of ether oxygens (including phenoxy) is 2. The predicted molar refractivity (Wildman–Crippen MR) is 172 cm³/mol. The Kier molecular flexibility index (Phi) is 10.3. The van der Waals surface area contributed by atoms with E-state index >= 15 is 0 Å². The standard InChI is InChI=1S/C32H35Cl2N7O3/c1-5-28(42)38-19-12-13-41(17-19)18-27-32(44-4)40-25(16-37-27)23-11-7-9-21(30(23)34)20-8-6-10-22(29(20)33)24-15-36-26(14-35-2)31(39-24)43-3/h6-11,15-16,19,35H,5,12-14,17-18H2,1-4H3,(H,38,42). The molecule has 2 aromatic heterocycles. The number of nitrogens with zero attached hydrogens (tertiary/aromatic N) is 5. The van der Waals surface area contributed by atoms with Crippen LogP contribution >= 0.6 is 23.2 Å². The molecule has 0 spiro atoms. The van der Waals surface area contributed by atoms with Crippen LogP contribution in [-0.4, -0.2) is 71.1 Å². The summed E-state index contributed by atoms with van der Waals surface area (Å²) in [7, 11) is 4.99. The Morgan fingerprint density at radius 1 is 0.909 bits per heavy atom. The lowest BCUT2D eigenvalue weighted by Crippen LogP contribution is -2.36. The molecule has 230 valence electrons. The lowest BCUT2D eigenvalue weighted by molar-refractivity contribution is -0.121. The van der Waals surface area contributed by atoms with E-state index in [0.717, 1.165) is 36.3 Å². The maximum absolute atomic E-state index is 11.8. The number of methoxy groups -OCH3 is 2. The summed E-state index contributed by atoms with van der Waals surface area (Å²) in [6.07, 6.45) is 4.77. The van der Waals surface area contributed by atoms with Crippen molar-refractivity contribution in [2.24, 2.45) is 0 Å². The Balaban J connectivity index is 1.42. The van der Waals surface area contributed by atoms with Crippen LogP contribution in [0.5, 0.6) is 11.8 Å². The van der Waals surface area contributed by atoms with Gasteiger partial charge in [0.15, 0.2) is 0 Å². The van der Waals surface area contributed by atoms with Gasteiger partial charge in [0.05, 0.1) is 48.0 Å². The van der Waals surface area contributed by atoms with Gasteiger partial charge in [0, 0.05) is 60.9 Å². The highest BCUT2D eigenvalue weighted by Crippen LogP contribution is 2.42.